The molecule has 0 saturated heterocycles. The molecule has 2 amide bonds. The minimum absolute atomic E-state index is 0.345. The van der Waals surface area contributed by atoms with E-state index in [9.17, 15) is 31.5 Å². The summed E-state index contributed by atoms with van der Waals surface area (Å²) in [5.41, 5.74) is 0.848. The summed E-state index contributed by atoms with van der Waals surface area (Å²) >= 11 is 0. The molecular weight excluding hydrogens is 381 g/mol. The van der Waals surface area contributed by atoms with Crippen molar-refractivity contribution in [2.45, 2.75) is 6.04 Å². The number of nitrogens with one attached hydrogen (secondary N) is 2. The van der Waals surface area contributed by atoms with E-state index in [2.05, 4.69) is 15.6 Å². The number of carbonyl (C=O) groups excluding carboxylic acids is 2. The summed E-state index contributed by atoms with van der Waals surface area (Å²) in [7, 11) is 0. The van der Waals surface area contributed by atoms with E-state index >= 15 is 0 Å². The molecule has 3 N–H and O–H groups in total. The monoisotopic (exact) mass is 391 g/mol. The number of carbonyl (C=O) groups is 2. The number of aromatic nitrogens is 3. The predicted octanol–water partition coefficient (Wildman–Crippen LogP) is 0.234. The molecule has 0 spiro atoms. The Morgan fingerprint density at radius 1 is 1.04 bits per heavy atom. The van der Waals surface area contributed by atoms with Crippen LogP contribution in [0.4, 0.5) is 22.0 Å². The Morgan fingerprint density at radius 2 is 1.56 bits per heavy atom. The highest BCUT2D eigenvalue weighted by atomic mass is 19.2. The molecule has 0 fully saturated rings. The van der Waals surface area contributed by atoms with E-state index in [0.717, 1.165) is 17.3 Å². The van der Waals surface area contributed by atoms with Crippen LogP contribution in [0.15, 0.2) is 18.7 Å². The SMILES string of the molecule is O=C(C=Cc1c(F)c(F)c(F)c(F)c1F)N[C@@H](CO)C(=O)Nn1cnnc1. The molecule has 1 aromatic carbocycles. The quantitative estimate of drug-likeness (QED) is 0.283. The van der Waals surface area contributed by atoms with Crippen molar-refractivity contribution in [3.8, 4) is 0 Å². The molecule has 2 aromatic rings. The molecule has 0 aliphatic heterocycles. The molecule has 1 atom stereocenters. The lowest BCUT2D eigenvalue weighted by molar-refractivity contribution is -0.125. The number of benzene rings is 1. The molecular formula is C14H10F5N5O3. The van der Waals surface area contributed by atoms with Crippen LogP contribution in [-0.2, 0) is 9.59 Å². The molecule has 144 valence electrons. The van der Waals surface area contributed by atoms with Gasteiger partial charge in [-0.05, 0) is 6.08 Å². The van der Waals surface area contributed by atoms with Gasteiger partial charge in [-0.15, -0.1) is 10.2 Å². The van der Waals surface area contributed by atoms with E-state index < -0.39 is 59.1 Å². The van der Waals surface area contributed by atoms with Crippen molar-refractivity contribution in [3.05, 3.63) is 53.4 Å². The van der Waals surface area contributed by atoms with Crippen molar-refractivity contribution in [2.75, 3.05) is 12.0 Å². The first-order valence-corrected chi connectivity index (χ1v) is 7.02. The second kappa shape index (κ2) is 8.35. The van der Waals surface area contributed by atoms with E-state index in [1.807, 2.05) is 5.32 Å². The molecule has 0 unspecified atom stereocenters. The molecule has 1 aromatic heterocycles. The van der Waals surface area contributed by atoms with E-state index in [0.29, 0.717) is 12.2 Å². The fourth-order valence-electron chi connectivity index (χ4n) is 1.80. The number of aliphatic hydroxyl groups excluding tert-OH is 1. The first kappa shape index (κ1) is 20.0. The van der Waals surface area contributed by atoms with Gasteiger partial charge in [0, 0.05) is 6.08 Å². The summed E-state index contributed by atoms with van der Waals surface area (Å²) in [6.45, 7) is -0.851. The highest BCUT2D eigenvalue weighted by Gasteiger charge is 2.24. The summed E-state index contributed by atoms with van der Waals surface area (Å²) in [6.07, 6.45) is 3.00. The third-order valence-electron chi connectivity index (χ3n) is 3.12. The van der Waals surface area contributed by atoms with Crippen molar-refractivity contribution in [1.29, 1.82) is 0 Å². The Morgan fingerprint density at radius 3 is 2.07 bits per heavy atom. The fourth-order valence-corrected chi connectivity index (χ4v) is 1.80. The molecule has 0 aliphatic rings. The van der Waals surface area contributed by atoms with E-state index in [1.165, 1.54) is 0 Å². The average molecular weight is 391 g/mol. The van der Waals surface area contributed by atoms with Crippen LogP contribution in [0.25, 0.3) is 6.08 Å². The number of rotatable bonds is 6. The van der Waals surface area contributed by atoms with Gasteiger partial charge in [-0.3, -0.25) is 15.0 Å². The fraction of sp³-hybridized carbons (Fsp3) is 0.143. The Hall–Kier alpha value is -3.35. The normalized spacial score (nSPS) is 12.2. The van der Waals surface area contributed by atoms with Crippen LogP contribution in [0.3, 0.4) is 0 Å². The van der Waals surface area contributed by atoms with Gasteiger partial charge in [0.2, 0.25) is 11.7 Å². The Labute approximate surface area is 147 Å². The molecule has 13 heteroatoms. The topological polar surface area (TPSA) is 109 Å². The summed E-state index contributed by atoms with van der Waals surface area (Å²) in [5, 5.41) is 17.9. The molecule has 0 aliphatic carbocycles. The van der Waals surface area contributed by atoms with Gasteiger partial charge >= 0.3 is 0 Å². The number of halogens is 5. The summed E-state index contributed by atoms with van der Waals surface area (Å²) < 4.78 is 67.1. The number of amides is 2. The number of nitrogens with zero attached hydrogens (tertiary/aromatic N) is 3. The van der Waals surface area contributed by atoms with Crippen molar-refractivity contribution >= 4 is 17.9 Å². The lowest BCUT2D eigenvalue weighted by atomic mass is 10.1. The zero-order valence-corrected chi connectivity index (χ0v) is 13.1. The van der Waals surface area contributed by atoms with Gasteiger partial charge in [0.1, 0.15) is 18.7 Å². The van der Waals surface area contributed by atoms with Crippen LogP contribution in [0.2, 0.25) is 0 Å². The summed E-state index contributed by atoms with van der Waals surface area (Å²) in [5.74, 6) is -13.0. The molecule has 2 rings (SSSR count). The minimum atomic E-state index is -2.34. The van der Waals surface area contributed by atoms with Crippen molar-refractivity contribution in [2.24, 2.45) is 0 Å². The van der Waals surface area contributed by atoms with Crippen molar-refractivity contribution in [1.82, 2.24) is 20.2 Å². The zero-order chi connectivity index (χ0) is 20.1. The zero-order valence-electron chi connectivity index (χ0n) is 13.1. The summed E-state index contributed by atoms with van der Waals surface area (Å²) in [4.78, 5) is 23.6. The van der Waals surface area contributed by atoms with Crippen molar-refractivity contribution < 1.29 is 36.6 Å². The second-order valence-electron chi connectivity index (χ2n) is 4.91. The highest BCUT2D eigenvalue weighted by molar-refractivity contribution is 5.97. The number of hydrogen-bond donors (Lipinski definition) is 3. The molecule has 0 saturated carbocycles. The lowest BCUT2D eigenvalue weighted by Gasteiger charge is -2.15. The highest BCUT2D eigenvalue weighted by Crippen LogP contribution is 2.23. The van der Waals surface area contributed by atoms with Gasteiger partial charge in [-0.2, -0.15) is 0 Å². The van der Waals surface area contributed by atoms with Crippen LogP contribution in [0.1, 0.15) is 5.56 Å². The van der Waals surface area contributed by atoms with Crippen LogP contribution in [0.5, 0.6) is 0 Å². The maximum atomic E-state index is 13.5. The largest absolute Gasteiger partial charge is 0.394 e. The maximum Gasteiger partial charge on any atom is 0.263 e. The third kappa shape index (κ3) is 4.44. The van der Waals surface area contributed by atoms with E-state index in [1.54, 1.807) is 0 Å². The van der Waals surface area contributed by atoms with Crippen LogP contribution in [-0.4, -0.2) is 44.4 Å². The first-order chi connectivity index (χ1) is 12.8. The van der Waals surface area contributed by atoms with Gasteiger partial charge in [0.25, 0.3) is 5.91 Å². The van der Waals surface area contributed by atoms with Gasteiger partial charge in [-0.1, -0.05) is 0 Å². The second-order valence-corrected chi connectivity index (χ2v) is 4.91. The van der Waals surface area contributed by atoms with Crippen LogP contribution >= 0.6 is 0 Å². The Balaban J connectivity index is 2.11. The van der Waals surface area contributed by atoms with Gasteiger partial charge in [0.05, 0.1) is 12.2 Å². The smallest absolute Gasteiger partial charge is 0.263 e. The number of aliphatic hydroxyl groups is 1. The van der Waals surface area contributed by atoms with Gasteiger partial charge in [0.15, 0.2) is 23.3 Å². The number of hydrogen-bond acceptors (Lipinski definition) is 5. The predicted molar refractivity (Wildman–Crippen MR) is 78.7 cm³/mol. The third-order valence-corrected chi connectivity index (χ3v) is 3.12. The van der Waals surface area contributed by atoms with Gasteiger partial charge in [-0.25, -0.2) is 26.6 Å². The Bertz CT molecular complexity index is 859. The molecule has 27 heavy (non-hydrogen) atoms. The molecule has 0 radical (unpaired) electrons. The average Bonchev–Trinajstić information content (AvgIpc) is 3.15. The maximum absolute atomic E-state index is 13.5. The van der Waals surface area contributed by atoms with Crippen molar-refractivity contribution in [3.63, 3.8) is 0 Å². The molecule has 8 nitrogen and oxygen atoms in total. The molecule has 0 bridgehead atoms. The first-order valence-electron chi connectivity index (χ1n) is 7.02. The van der Waals surface area contributed by atoms with E-state index in [4.69, 9.17) is 5.11 Å². The summed E-state index contributed by atoms with van der Waals surface area (Å²) in [6, 6.07) is -1.49. The minimum Gasteiger partial charge on any atom is -0.394 e. The van der Waals surface area contributed by atoms with Crippen LogP contribution < -0.4 is 10.7 Å². The lowest BCUT2D eigenvalue weighted by Crippen LogP contribution is -2.47. The van der Waals surface area contributed by atoms with E-state index in [-0.39, 0.29) is 0 Å². The standard InChI is InChI=1S/C14H10F5N5O3/c15-9-6(10(16)12(18)13(19)11(9)17)1-2-8(26)22-7(3-25)14(27)23-24-4-20-21-5-24/h1-2,4-5,7,25H,3H2,(H,22,26)(H,23,27)/t7-/m0/s1. The van der Waals surface area contributed by atoms with Crippen LogP contribution in [0, 0.1) is 29.1 Å². The Kier molecular flexibility index (Phi) is 6.18. The van der Waals surface area contributed by atoms with Gasteiger partial charge < -0.3 is 10.4 Å². The molecule has 1 heterocycles.